The molecule has 1 N–H and O–H groups in total. The lowest BCUT2D eigenvalue weighted by atomic mass is 10.2. The van der Waals surface area contributed by atoms with Crippen molar-refractivity contribution in [3.05, 3.63) is 28.8 Å². The largest absolute Gasteiger partial charge is 0.352 e. The molecule has 1 saturated heterocycles. The maximum Gasteiger partial charge on any atom is 0.251 e. The Hall–Kier alpha value is -1.15. The van der Waals surface area contributed by atoms with Crippen LogP contribution in [-0.4, -0.2) is 63.8 Å². The van der Waals surface area contributed by atoms with E-state index in [0.717, 1.165) is 30.4 Å². The van der Waals surface area contributed by atoms with Crippen LogP contribution in [0.2, 0.25) is 5.02 Å². The highest BCUT2D eigenvalue weighted by Crippen LogP contribution is 2.24. The summed E-state index contributed by atoms with van der Waals surface area (Å²) in [6.07, 6.45) is 5.99. The Morgan fingerprint density at radius 3 is 2.46 bits per heavy atom. The Bertz CT molecular complexity index is 714. The summed E-state index contributed by atoms with van der Waals surface area (Å²) in [6.45, 7) is 3.81. The number of sulfonamides is 1. The first-order chi connectivity index (χ1) is 12.3. The number of carbonyl (C=O) groups is 1. The molecule has 1 aliphatic heterocycles. The van der Waals surface area contributed by atoms with E-state index in [-0.39, 0.29) is 15.8 Å². The van der Waals surface area contributed by atoms with E-state index >= 15 is 0 Å². The molecule has 0 unspecified atom stereocenters. The Morgan fingerprint density at radius 1 is 1.19 bits per heavy atom. The normalized spacial score (nSPS) is 16.5. The second-order valence-electron chi connectivity index (χ2n) is 6.80. The lowest BCUT2D eigenvalue weighted by molar-refractivity contribution is 0.0951. The van der Waals surface area contributed by atoms with Crippen LogP contribution in [0.1, 0.15) is 42.5 Å². The minimum Gasteiger partial charge on any atom is -0.352 e. The van der Waals surface area contributed by atoms with E-state index in [1.807, 2.05) is 0 Å². The molecule has 0 atom stereocenters. The molecule has 146 valence electrons. The van der Waals surface area contributed by atoms with Crippen molar-refractivity contribution in [2.75, 3.05) is 40.3 Å². The molecule has 0 saturated carbocycles. The number of halogens is 1. The van der Waals surface area contributed by atoms with Gasteiger partial charge in [0.15, 0.2) is 0 Å². The zero-order valence-corrected chi connectivity index (χ0v) is 17.1. The quantitative estimate of drug-likeness (QED) is 0.713. The van der Waals surface area contributed by atoms with Crippen LogP contribution in [0.15, 0.2) is 23.1 Å². The Morgan fingerprint density at radius 2 is 1.85 bits per heavy atom. The lowest BCUT2D eigenvalue weighted by Gasteiger charge is -2.19. The number of amides is 1. The molecule has 6 nitrogen and oxygen atoms in total. The van der Waals surface area contributed by atoms with Crippen LogP contribution in [-0.2, 0) is 10.0 Å². The van der Waals surface area contributed by atoms with Gasteiger partial charge in [0.05, 0.1) is 5.02 Å². The summed E-state index contributed by atoms with van der Waals surface area (Å²) < 4.78 is 25.7. The molecule has 0 aromatic heterocycles. The zero-order chi connectivity index (χ0) is 19.2. The molecule has 0 bridgehead atoms. The van der Waals surface area contributed by atoms with Gasteiger partial charge in [0.25, 0.3) is 5.91 Å². The molecule has 0 spiro atoms. The van der Waals surface area contributed by atoms with E-state index in [9.17, 15) is 13.2 Å². The van der Waals surface area contributed by atoms with E-state index in [1.54, 1.807) is 6.07 Å². The summed E-state index contributed by atoms with van der Waals surface area (Å²) in [7, 11) is -0.828. The predicted octanol–water partition coefficient (Wildman–Crippen LogP) is 2.59. The monoisotopic (exact) mass is 401 g/mol. The van der Waals surface area contributed by atoms with Crippen molar-refractivity contribution in [2.45, 2.75) is 37.0 Å². The average molecular weight is 402 g/mol. The van der Waals surface area contributed by atoms with Gasteiger partial charge in [-0.3, -0.25) is 4.79 Å². The Labute approximate surface area is 161 Å². The van der Waals surface area contributed by atoms with Crippen molar-refractivity contribution >= 4 is 27.5 Å². The van der Waals surface area contributed by atoms with Crippen molar-refractivity contribution in [1.29, 1.82) is 0 Å². The third-order valence-electron chi connectivity index (χ3n) is 4.59. The average Bonchev–Trinajstić information content (AvgIpc) is 2.87. The van der Waals surface area contributed by atoms with Gasteiger partial charge in [0.1, 0.15) is 4.90 Å². The van der Waals surface area contributed by atoms with E-state index in [4.69, 9.17) is 11.6 Å². The van der Waals surface area contributed by atoms with Crippen LogP contribution in [0.5, 0.6) is 0 Å². The van der Waals surface area contributed by atoms with Gasteiger partial charge in [-0.2, -0.15) is 0 Å². The van der Waals surface area contributed by atoms with Gasteiger partial charge >= 0.3 is 0 Å². The third-order valence-corrected chi connectivity index (χ3v) is 6.88. The van der Waals surface area contributed by atoms with E-state index < -0.39 is 10.0 Å². The van der Waals surface area contributed by atoms with E-state index in [0.29, 0.717) is 12.1 Å². The highest BCUT2D eigenvalue weighted by molar-refractivity contribution is 7.89. The first-order valence-electron chi connectivity index (χ1n) is 9.05. The predicted molar refractivity (Wildman–Crippen MR) is 104 cm³/mol. The number of likely N-dealkylation sites (tertiary alicyclic amines) is 1. The molecular weight excluding hydrogens is 374 g/mol. The Kier molecular flexibility index (Phi) is 7.88. The molecular formula is C18H28ClN3O3S. The summed E-state index contributed by atoms with van der Waals surface area (Å²) in [5, 5.41) is 2.97. The minimum absolute atomic E-state index is 0.0543. The molecule has 8 heteroatoms. The molecule has 1 aliphatic rings. The van der Waals surface area contributed by atoms with Crippen LogP contribution in [0.25, 0.3) is 0 Å². The van der Waals surface area contributed by atoms with Crippen molar-refractivity contribution in [1.82, 2.24) is 14.5 Å². The molecule has 1 aromatic carbocycles. The highest BCUT2D eigenvalue weighted by Gasteiger charge is 2.22. The molecule has 2 rings (SSSR count). The van der Waals surface area contributed by atoms with Gasteiger partial charge in [-0.05, 0) is 57.1 Å². The summed E-state index contributed by atoms with van der Waals surface area (Å²) in [6, 6.07) is 4.33. The van der Waals surface area contributed by atoms with Crippen molar-refractivity contribution in [3.8, 4) is 0 Å². The van der Waals surface area contributed by atoms with Crippen LogP contribution in [0, 0.1) is 0 Å². The Balaban J connectivity index is 1.91. The van der Waals surface area contributed by atoms with Gasteiger partial charge in [0, 0.05) is 26.2 Å². The maximum atomic E-state index is 12.3. The molecule has 1 aromatic rings. The van der Waals surface area contributed by atoms with Crippen molar-refractivity contribution in [2.24, 2.45) is 0 Å². The van der Waals surface area contributed by atoms with Crippen LogP contribution in [0.4, 0.5) is 0 Å². The first kappa shape index (κ1) is 21.2. The van der Waals surface area contributed by atoms with Crippen LogP contribution >= 0.6 is 11.6 Å². The molecule has 1 amide bonds. The fourth-order valence-electron chi connectivity index (χ4n) is 3.01. The molecule has 1 fully saturated rings. The lowest BCUT2D eigenvalue weighted by Crippen LogP contribution is -2.30. The van der Waals surface area contributed by atoms with Crippen LogP contribution < -0.4 is 5.32 Å². The SMILES string of the molecule is CN(C)S(=O)(=O)c1cc(C(=O)NCCCN2CCCCCC2)ccc1Cl. The smallest absolute Gasteiger partial charge is 0.251 e. The number of hydrogen-bond donors (Lipinski definition) is 1. The number of nitrogens with zero attached hydrogens (tertiary/aromatic N) is 2. The van der Waals surface area contributed by atoms with Gasteiger partial charge in [-0.15, -0.1) is 0 Å². The van der Waals surface area contributed by atoms with Crippen molar-refractivity contribution in [3.63, 3.8) is 0 Å². The summed E-state index contributed by atoms with van der Waals surface area (Å²) in [5.74, 6) is -0.285. The second-order valence-corrected chi connectivity index (χ2v) is 9.33. The highest BCUT2D eigenvalue weighted by atomic mass is 35.5. The zero-order valence-electron chi connectivity index (χ0n) is 15.5. The van der Waals surface area contributed by atoms with Crippen molar-refractivity contribution < 1.29 is 13.2 Å². The number of benzene rings is 1. The molecule has 0 aliphatic carbocycles. The van der Waals surface area contributed by atoms with Gasteiger partial charge in [-0.1, -0.05) is 24.4 Å². The van der Waals surface area contributed by atoms with Gasteiger partial charge < -0.3 is 10.2 Å². The fraction of sp³-hybridized carbons (Fsp3) is 0.611. The molecule has 1 heterocycles. The third kappa shape index (κ3) is 5.67. The number of nitrogens with one attached hydrogen (secondary N) is 1. The van der Waals surface area contributed by atoms with Gasteiger partial charge in [0.2, 0.25) is 10.0 Å². The number of carbonyl (C=O) groups excluding carboxylic acids is 1. The number of hydrogen-bond acceptors (Lipinski definition) is 4. The summed E-state index contributed by atoms with van der Waals surface area (Å²) in [5.41, 5.74) is 0.296. The summed E-state index contributed by atoms with van der Waals surface area (Å²) in [4.78, 5) is 14.7. The molecule has 0 radical (unpaired) electrons. The molecule has 26 heavy (non-hydrogen) atoms. The first-order valence-corrected chi connectivity index (χ1v) is 10.9. The minimum atomic E-state index is -3.69. The number of rotatable bonds is 7. The van der Waals surface area contributed by atoms with E-state index in [1.165, 1.54) is 51.9 Å². The van der Waals surface area contributed by atoms with E-state index in [2.05, 4.69) is 10.2 Å². The second kappa shape index (κ2) is 9.69. The topological polar surface area (TPSA) is 69.7 Å². The summed E-state index contributed by atoms with van der Waals surface area (Å²) >= 11 is 6.01. The maximum absolute atomic E-state index is 12.3. The fourth-order valence-corrected chi connectivity index (χ4v) is 4.40. The van der Waals surface area contributed by atoms with Crippen LogP contribution in [0.3, 0.4) is 0 Å². The standard InChI is InChI=1S/C18H28ClN3O3S/c1-21(2)26(24,25)17-14-15(8-9-16(17)19)18(23)20-10-7-13-22-11-5-3-4-6-12-22/h8-9,14H,3-7,10-13H2,1-2H3,(H,20,23). The van der Waals surface area contributed by atoms with Gasteiger partial charge in [-0.25, -0.2) is 12.7 Å².